The van der Waals surface area contributed by atoms with Crippen molar-refractivity contribution in [3.05, 3.63) is 21.3 Å². The lowest BCUT2D eigenvalue weighted by Crippen LogP contribution is -2.48. The second-order valence-corrected chi connectivity index (χ2v) is 8.66. The van der Waals surface area contributed by atoms with Crippen LogP contribution in [0.4, 0.5) is 0 Å². The predicted molar refractivity (Wildman–Crippen MR) is 92.8 cm³/mol. The number of rotatable bonds is 6. The smallest absolute Gasteiger partial charge is 0.0931 e. The molecule has 1 aliphatic heterocycles. The molecule has 0 unspecified atom stereocenters. The molecule has 1 saturated heterocycles. The summed E-state index contributed by atoms with van der Waals surface area (Å²) in [5, 5.41) is 10.1. The number of hydrogen-bond donors (Lipinski definition) is 1. The Morgan fingerprint density at radius 2 is 1.86 bits per heavy atom. The summed E-state index contributed by atoms with van der Waals surface area (Å²) in [5.41, 5.74) is -0.193. The van der Waals surface area contributed by atoms with E-state index in [0.717, 1.165) is 37.1 Å². The Morgan fingerprint density at radius 3 is 2.41 bits per heavy atom. The summed E-state index contributed by atoms with van der Waals surface area (Å²) >= 11 is 7.63. The highest BCUT2D eigenvalue weighted by molar-refractivity contribution is 7.16. The molecule has 0 aliphatic carbocycles. The third-order valence-corrected chi connectivity index (χ3v) is 4.87. The van der Waals surface area contributed by atoms with Crippen LogP contribution in [0.2, 0.25) is 4.34 Å². The molecule has 0 radical (unpaired) electrons. The van der Waals surface area contributed by atoms with E-state index < -0.39 is 6.10 Å². The standard InChI is InChI=1S/C16H27ClN2O2S/c1-16(2,3)21-12-13(20)10-18-6-8-19(9-7-18)11-14-4-5-15(17)22-14/h4-5,13,20H,6-12H2,1-3H3/t13-/m1/s1. The van der Waals surface area contributed by atoms with Crippen LogP contribution in [-0.2, 0) is 11.3 Å². The Hall–Kier alpha value is -0.170. The first-order chi connectivity index (χ1) is 10.3. The van der Waals surface area contributed by atoms with Crippen molar-refractivity contribution in [2.24, 2.45) is 0 Å². The summed E-state index contributed by atoms with van der Waals surface area (Å²) in [5.74, 6) is 0. The molecule has 2 heterocycles. The SMILES string of the molecule is CC(C)(C)OC[C@H](O)CN1CCN(Cc2ccc(Cl)s2)CC1. The molecular formula is C16H27ClN2O2S. The van der Waals surface area contributed by atoms with Gasteiger partial charge < -0.3 is 9.84 Å². The van der Waals surface area contributed by atoms with Gasteiger partial charge in [0.2, 0.25) is 0 Å². The van der Waals surface area contributed by atoms with Gasteiger partial charge in [-0.05, 0) is 32.9 Å². The maximum Gasteiger partial charge on any atom is 0.0931 e. The van der Waals surface area contributed by atoms with E-state index in [-0.39, 0.29) is 5.60 Å². The van der Waals surface area contributed by atoms with Crippen molar-refractivity contribution in [3.8, 4) is 0 Å². The van der Waals surface area contributed by atoms with Crippen LogP contribution in [0.5, 0.6) is 0 Å². The summed E-state index contributed by atoms with van der Waals surface area (Å²) in [7, 11) is 0. The van der Waals surface area contributed by atoms with E-state index in [9.17, 15) is 5.11 Å². The molecule has 2 rings (SSSR count). The number of aliphatic hydroxyl groups is 1. The van der Waals surface area contributed by atoms with Crippen molar-refractivity contribution in [3.63, 3.8) is 0 Å². The molecule has 0 bridgehead atoms. The molecule has 6 heteroatoms. The van der Waals surface area contributed by atoms with Gasteiger partial charge in [0.05, 0.1) is 22.6 Å². The van der Waals surface area contributed by atoms with Gasteiger partial charge in [-0.3, -0.25) is 9.80 Å². The van der Waals surface area contributed by atoms with Crippen molar-refractivity contribution in [1.29, 1.82) is 0 Å². The maximum atomic E-state index is 10.1. The highest BCUT2D eigenvalue weighted by Crippen LogP contribution is 2.23. The third kappa shape index (κ3) is 6.52. The first-order valence-electron chi connectivity index (χ1n) is 7.83. The molecule has 1 atom stereocenters. The van der Waals surface area contributed by atoms with Gasteiger partial charge in [-0.15, -0.1) is 11.3 Å². The zero-order chi connectivity index (χ0) is 16.2. The molecule has 4 nitrogen and oxygen atoms in total. The Kier molecular flexibility index (Phi) is 6.68. The molecule has 1 fully saturated rings. The number of halogens is 1. The lowest BCUT2D eigenvalue weighted by atomic mass is 10.2. The van der Waals surface area contributed by atoms with E-state index in [0.29, 0.717) is 13.2 Å². The highest BCUT2D eigenvalue weighted by Gasteiger charge is 2.21. The Balaban J connectivity index is 1.66. The van der Waals surface area contributed by atoms with Gasteiger partial charge in [-0.2, -0.15) is 0 Å². The van der Waals surface area contributed by atoms with Crippen LogP contribution in [0.1, 0.15) is 25.6 Å². The number of aliphatic hydroxyl groups excluding tert-OH is 1. The minimum atomic E-state index is -0.415. The van der Waals surface area contributed by atoms with Gasteiger partial charge in [0.1, 0.15) is 0 Å². The zero-order valence-electron chi connectivity index (χ0n) is 13.7. The Labute approximate surface area is 142 Å². The average molecular weight is 347 g/mol. The van der Waals surface area contributed by atoms with Crippen molar-refractivity contribution >= 4 is 22.9 Å². The van der Waals surface area contributed by atoms with Crippen LogP contribution in [0.15, 0.2) is 12.1 Å². The minimum Gasteiger partial charge on any atom is -0.389 e. The fourth-order valence-corrected chi connectivity index (χ4v) is 3.61. The molecule has 0 saturated carbocycles. The molecule has 22 heavy (non-hydrogen) atoms. The molecule has 1 aromatic rings. The zero-order valence-corrected chi connectivity index (χ0v) is 15.3. The van der Waals surface area contributed by atoms with Gasteiger partial charge in [0, 0.05) is 44.1 Å². The van der Waals surface area contributed by atoms with E-state index in [1.807, 2.05) is 26.8 Å². The first-order valence-corrected chi connectivity index (χ1v) is 9.02. The minimum absolute atomic E-state index is 0.193. The van der Waals surface area contributed by atoms with Crippen LogP contribution in [0, 0.1) is 0 Å². The lowest BCUT2D eigenvalue weighted by Gasteiger charge is -2.35. The Bertz CT molecular complexity index is 453. The van der Waals surface area contributed by atoms with Crippen molar-refractivity contribution in [2.75, 3.05) is 39.3 Å². The van der Waals surface area contributed by atoms with E-state index in [2.05, 4.69) is 15.9 Å². The van der Waals surface area contributed by atoms with Crippen molar-refractivity contribution < 1.29 is 9.84 Å². The summed E-state index contributed by atoms with van der Waals surface area (Å²) in [6, 6.07) is 4.07. The number of thiophene rings is 1. The van der Waals surface area contributed by atoms with Gasteiger partial charge in [-0.1, -0.05) is 11.6 Å². The number of ether oxygens (including phenoxy) is 1. The van der Waals surface area contributed by atoms with Crippen LogP contribution < -0.4 is 0 Å². The van der Waals surface area contributed by atoms with E-state index in [1.54, 1.807) is 11.3 Å². The molecule has 0 amide bonds. The van der Waals surface area contributed by atoms with E-state index in [4.69, 9.17) is 16.3 Å². The lowest BCUT2D eigenvalue weighted by molar-refractivity contribution is -0.0587. The van der Waals surface area contributed by atoms with Gasteiger partial charge >= 0.3 is 0 Å². The summed E-state index contributed by atoms with van der Waals surface area (Å²) < 4.78 is 6.49. The van der Waals surface area contributed by atoms with Crippen LogP contribution in [0.3, 0.4) is 0 Å². The van der Waals surface area contributed by atoms with E-state index >= 15 is 0 Å². The Morgan fingerprint density at radius 1 is 1.23 bits per heavy atom. The number of nitrogens with zero attached hydrogens (tertiary/aromatic N) is 2. The number of hydrogen-bond acceptors (Lipinski definition) is 5. The molecule has 1 aromatic heterocycles. The number of β-amino-alcohol motifs (C(OH)–C–C–N with tert-alkyl or cyclic N) is 1. The normalized spacial score (nSPS) is 19.5. The first kappa shape index (κ1) is 18.2. The van der Waals surface area contributed by atoms with Crippen molar-refractivity contribution in [1.82, 2.24) is 9.80 Å². The molecule has 0 spiro atoms. The van der Waals surface area contributed by atoms with Gasteiger partial charge in [-0.25, -0.2) is 0 Å². The fourth-order valence-electron chi connectivity index (χ4n) is 2.48. The van der Waals surface area contributed by atoms with Crippen LogP contribution in [0.25, 0.3) is 0 Å². The second-order valence-electron chi connectivity index (χ2n) is 6.86. The molecule has 1 N–H and O–H groups in total. The van der Waals surface area contributed by atoms with Crippen molar-refractivity contribution in [2.45, 2.75) is 39.0 Å². The van der Waals surface area contributed by atoms with Crippen LogP contribution >= 0.6 is 22.9 Å². The topological polar surface area (TPSA) is 35.9 Å². The monoisotopic (exact) mass is 346 g/mol. The van der Waals surface area contributed by atoms with Gasteiger partial charge in [0.15, 0.2) is 0 Å². The molecule has 126 valence electrons. The fraction of sp³-hybridized carbons (Fsp3) is 0.750. The summed E-state index contributed by atoms with van der Waals surface area (Å²) in [4.78, 5) is 6.07. The number of piperazine rings is 1. The third-order valence-electron chi connectivity index (χ3n) is 3.65. The molecule has 0 aromatic carbocycles. The predicted octanol–water partition coefficient (Wildman–Crippen LogP) is 2.70. The second kappa shape index (κ2) is 8.08. The van der Waals surface area contributed by atoms with Gasteiger partial charge in [0.25, 0.3) is 0 Å². The maximum absolute atomic E-state index is 10.1. The quantitative estimate of drug-likeness (QED) is 0.859. The van der Waals surface area contributed by atoms with E-state index in [1.165, 1.54) is 4.88 Å². The van der Waals surface area contributed by atoms with Crippen LogP contribution in [-0.4, -0.2) is 65.9 Å². The largest absolute Gasteiger partial charge is 0.389 e. The summed E-state index contributed by atoms with van der Waals surface area (Å²) in [6.45, 7) is 12.1. The summed E-state index contributed by atoms with van der Waals surface area (Å²) in [6.07, 6.45) is -0.415. The highest BCUT2D eigenvalue weighted by atomic mass is 35.5. The molecule has 1 aliphatic rings. The average Bonchev–Trinajstić information content (AvgIpc) is 2.83. The molecular weight excluding hydrogens is 320 g/mol.